The fraction of sp³-hybridized carbons (Fsp3) is 0.917. The van der Waals surface area contributed by atoms with Crippen molar-refractivity contribution in [1.82, 2.24) is 5.32 Å². The van der Waals surface area contributed by atoms with Gasteiger partial charge in [0.1, 0.15) is 0 Å². The molecule has 0 spiro atoms. The van der Waals surface area contributed by atoms with Gasteiger partial charge in [-0.1, -0.05) is 0 Å². The topological polar surface area (TPSA) is 64.4 Å². The summed E-state index contributed by atoms with van der Waals surface area (Å²) in [4.78, 5) is 12.4. The monoisotopic (exact) mass is 258 g/mol. The van der Waals surface area contributed by atoms with Gasteiger partial charge in [-0.3, -0.25) is 4.79 Å². The smallest absolute Gasteiger partial charge is 0.227 e. The molecule has 2 heterocycles. The van der Waals surface area contributed by atoms with Crippen LogP contribution in [-0.2, 0) is 9.53 Å². The van der Waals surface area contributed by atoms with Crippen LogP contribution < -0.4 is 11.1 Å². The average molecular weight is 258 g/mol. The van der Waals surface area contributed by atoms with Gasteiger partial charge in [0.2, 0.25) is 5.91 Å². The number of ether oxygens (including phenoxy) is 1. The molecule has 2 fully saturated rings. The Labute approximate surface area is 107 Å². The first-order chi connectivity index (χ1) is 8.27. The van der Waals surface area contributed by atoms with Crippen LogP contribution >= 0.6 is 11.8 Å². The maximum absolute atomic E-state index is 12.4. The predicted molar refractivity (Wildman–Crippen MR) is 70.0 cm³/mol. The third-order valence-electron chi connectivity index (χ3n) is 3.88. The quantitative estimate of drug-likeness (QED) is 0.784. The highest BCUT2D eigenvalue weighted by Gasteiger charge is 2.39. The summed E-state index contributed by atoms with van der Waals surface area (Å²) in [5.41, 5.74) is 5.45. The van der Waals surface area contributed by atoms with Crippen LogP contribution in [0.25, 0.3) is 0 Å². The van der Waals surface area contributed by atoms with Crippen molar-refractivity contribution in [2.24, 2.45) is 11.1 Å². The van der Waals surface area contributed by atoms with Gasteiger partial charge < -0.3 is 15.8 Å². The van der Waals surface area contributed by atoms with Gasteiger partial charge in [0.05, 0.1) is 5.41 Å². The molecular formula is C12H22N2O2S. The van der Waals surface area contributed by atoms with Crippen LogP contribution in [-0.4, -0.2) is 43.2 Å². The molecule has 17 heavy (non-hydrogen) atoms. The maximum Gasteiger partial charge on any atom is 0.227 e. The molecule has 0 aromatic rings. The summed E-state index contributed by atoms with van der Waals surface area (Å²) < 4.78 is 5.33. The number of amides is 1. The molecule has 0 aromatic carbocycles. The van der Waals surface area contributed by atoms with E-state index in [1.165, 1.54) is 0 Å². The van der Waals surface area contributed by atoms with Gasteiger partial charge in [-0.2, -0.15) is 11.8 Å². The summed E-state index contributed by atoms with van der Waals surface area (Å²) in [6.45, 7) is 1.75. The number of rotatable bonds is 3. The zero-order chi connectivity index (χ0) is 12.1. The molecule has 0 saturated carbocycles. The van der Waals surface area contributed by atoms with E-state index in [4.69, 9.17) is 10.5 Å². The normalized spacial score (nSPS) is 25.5. The third-order valence-corrected chi connectivity index (χ3v) is 4.93. The van der Waals surface area contributed by atoms with Crippen molar-refractivity contribution in [2.45, 2.75) is 31.7 Å². The molecule has 0 aromatic heterocycles. The van der Waals surface area contributed by atoms with E-state index in [0.29, 0.717) is 25.8 Å². The van der Waals surface area contributed by atoms with Crippen LogP contribution in [0.5, 0.6) is 0 Å². The van der Waals surface area contributed by atoms with Crippen molar-refractivity contribution in [3.8, 4) is 0 Å². The van der Waals surface area contributed by atoms with E-state index in [-0.39, 0.29) is 11.3 Å². The van der Waals surface area contributed by atoms with Gasteiger partial charge in [-0.05, 0) is 37.2 Å². The second kappa shape index (κ2) is 6.07. The number of hydrogen-bond donors (Lipinski definition) is 2. The minimum atomic E-state index is -0.372. The van der Waals surface area contributed by atoms with Crippen molar-refractivity contribution in [3.05, 3.63) is 0 Å². The van der Waals surface area contributed by atoms with Crippen LogP contribution in [0.4, 0.5) is 0 Å². The Morgan fingerprint density at radius 1 is 1.35 bits per heavy atom. The third kappa shape index (κ3) is 3.14. The number of thioether (sulfide) groups is 1. The Hall–Kier alpha value is -0.260. The average Bonchev–Trinajstić information content (AvgIpc) is 2.40. The lowest BCUT2D eigenvalue weighted by atomic mass is 9.79. The number of nitrogens with one attached hydrogen (secondary N) is 1. The van der Waals surface area contributed by atoms with Crippen LogP contribution in [0.1, 0.15) is 25.7 Å². The van der Waals surface area contributed by atoms with E-state index in [2.05, 4.69) is 5.32 Å². The lowest BCUT2D eigenvalue weighted by Gasteiger charge is -2.36. The van der Waals surface area contributed by atoms with Crippen LogP contribution in [0, 0.1) is 5.41 Å². The molecule has 0 unspecified atom stereocenters. The minimum absolute atomic E-state index is 0.153. The van der Waals surface area contributed by atoms with Crippen molar-refractivity contribution in [2.75, 3.05) is 31.3 Å². The van der Waals surface area contributed by atoms with Gasteiger partial charge in [0, 0.05) is 25.8 Å². The Kier molecular flexibility index (Phi) is 4.70. The van der Waals surface area contributed by atoms with Gasteiger partial charge in [0.15, 0.2) is 0 Å². The fourth-order valence-electron chi connectivity index (χ4n) is 2.47. The van der Waals surface area contributed by atoms with E-state index in [9.17, 15) is 4.79 Å². The lowest BCUT2D eigenvalue weighted by molar-refractivity contribution is -0.136. The molecule has 2 aliphatic rings. The predicted octanol–water partition coefficient (Wildman–Crippen LogP) is 0.754. The summed E-state index contributed by atoms with van der Waals surface area (Å²) >= 11 is 1.97. The molecule has 2 rings (SSSR count). The van der Waals surface area contributed by atoms with Crippen LogP contribution in [0.3, 0.4) is 0 Å². The molecular weight excluding hydrogens is 236 g/mol. The Balaban J connectivity index is 1.91. The number of carbonyl (C=O) groups is 1. The van der Waals surface area contributed by atoms with Crippen molar-refractivity contribution in [3.63, 3.8) is 0 Å². The highest BCUT2D eigenvalue weighted by molar-refractivity contribution is 7.99. The molecule has 5 heteroatoms. The number of nitrogens with two attached hydrogens (primary N) is 1. The largest absolute Gasteiger partial charge is 0.381 e. The molecule has 2 saturated heterocycles. The van der Waals surface area contributed by atoms with Crippen LogP contribution in [0.2, 0.25) is 0 Å². The zero-order valence-electron chi connectivity index (χ0n) is 10.2. The van der Waals surface area contributed by atoms with Crippen molar-refractivity contribution >= 4 is 17.7 Å². The standard InChI is InChI=1S/C12H22N2O2S/c13-9-12(3-5-16-6-4-12)11(15)14-10-1-7-17-8-2-10/h10H,1-9,13H2,(H,14,15). The van der Waals surface area contributed by atoms with Gasteiger partial charge >= 0.3 is 0 Å². The first-order valence-corrected chi connectivity index (χ1v) is 7.59. The lowest BCUT2D eigenvalue weighted by Crippen LogP contribution is -2.52. The van der Waals surface area contributed by atoms with E-state index in [1.807, 2.05) is 11.8 Å². The van der Waals surface area contributed by atoms with Gasteiger partial charge in [-0.15, -0.1) is 0 Å². The fourth-order valence-corrected chi connectivity index (χ4v) is 3.57. The van der Waals surface area contributed by atoms with Crippen molar-refractivity contribution in [1.29, 1.82) is 0 Å². The molecule has 3 N–H and O–H groups in total. The van der Waals surface area contributed by atoms with E-state index in [0.717, 1.165) is 37.2 Å². The number of hydrogen-bond acceptors (Lipinski definition) is 4. The first-order valence-electron chi connectivity index (χ1n) is 6.43. The molecule has 0 aliphatic carbocycles. The maximum atomic E-state index is 12.4. The highest BCUT2D eigenvalue weighted by atomic mass is 32.2. The molecule has 0 bridgehead atoms. The summed E-state index contributed by atoms with van der Waals surface area (Å²) in [5.74, 6) is 2.47. The summed E-state index contributed by atoms with van der Waals surface area (Å²) in [6, 6.07) is 0.356. The zero-order valence-corrected chi connectivity index (χ0v) is 11.1. The summed E-state index contributed by atoms with van der Waals surface area (Å²) in [6.07, 6.45) is 3.70. The Morgan fingerprint density at radius 3 is 2.59 bits per heavy atom. The summed E-state index contributed by atoms with van der Waals surface area (Å²) in [7, 11) is 0. The Bertz CT molecular complexity index is 261. The molecule has 0 atom stereocenters. The second-order valence-corrected chi connectivity index (χ2v) is 6.18. The molecule has 2 aliphatic heterocycles. The van der Waals surface area contributed by atoms with E-state index < -0.39 is 0 Å². The molecule has 1 amide bonds. The molecule has 0 radical (unpaired) electrons. The van der Waals surface area contributed by atoms with Crippen LogP contribution in [0.15, 0.2) is 0 Å². The SMILES string of the molecule is NCC1(C(=O)NC2CCSCC2)CCOCC1. The highest BCUT2D eigenvalue weighted by Crippen LogP contribution is 2.30. The van der Waals surface area contributed by atoms with E-state index >= 15 is 0 Å². The molecule has 98 valence electrons. The Morgan fingerprint density at radius 2 is 2.00 bits per heavy atom. The van der Waals surface area contributed by atoms with Gasteiger partial charge in [0.25, 0.3) is 0 Å². The molecule has 4 nitrogen and oxygen atoms in total. The minimum Gasteiger partial charge on any atom is -0.381 e. The second-order valence-electron chi connectivity index (χ2n) is 4.96. The van der Waals surface area contributed by atoms with Gasteiger partial charge in [-0.25, -0.2) is 0 Å². The summed E-state index contributed by atoms with van der Waals surface area (Å²) in [5, 5.41) is 3.19. The number of carbonyl (C=O) groups excluding carboxylic acids is 1. The van der Waals surface area contributed by atoms with E-state index in [1.54, 1.807) is 0 Å². The first kappa shape index (κ1) is 13.2. The van der Waals surface area contributed by atoms with Crippen molar-refractivity contribution < 1.29 is 9.53 Å².